The number of benzene rings is 1. The monoisotopic (exact) mass is 192 g/mol. The van der Waals surface area contributed by atoms with E-state index in [4.69, 9.17) is 4.74 Å². The van der Waals surface area contributed by atoms with Crippen LogP contribution in [0.1, 0.15) is 37.3 Å². The zero-order chi connectivity index (χ0) is 10.4. The second kappa shape index (κ2) is 5.69. The number of unbranched alkanes of at least 4 members (excludes halogenated alkanes) is 2. The molecule has 0 atom stereocenters. The van der Waals surface area contributed by atoms with Crippen molar-refractivity contribution in [2.24, 2.45) is 0 Å². The van der Waals surface area contributed by atoms with Gasteiger partial charge in [-0.2, -0.15) is 0 Å². The molecule has 0 radical (unpaired) electrons. The van der Waals surface area contributed by atoms with Crippen LogP contribution in [0.4, 0.5) is 0 Å². The van der Waals surface area contributed by atoms with Crippen molar-refractivity contribution in [3.8, 4) is 5.75 Å². The summed E-state index contributed by atoms with van der Waals surface area (Å²) in [6.07, 6.45) is 3.66. The van der Waals surface area contributed by atoms with Gasteiger partial charge >= 0.3 is 0 Å². The largest absolute Gasteiger partial charge is 0.493 e. The number of hydrogen-bond donors (Lipinski definition) is 0. The lowest BCUT2D eigenvalue weighted by molar-refractivity contribution is 0.304. The number of rotatable bonds is 5. The summed E-state index contributed by atoms with van der Waals surface area (Å²) in [4.78, 5) is 0. The molecule has 0 unspecified atom stereocenters. The van der Waals surface area contributed by atoms with Gasteiger partial charge < -0.3 is 4.74 Å². The zero-order valence-corrected chi connectivity index (χ0v) is 9.47. The quantitative estimate of drug-likeness (QED) is 0.643. The molecule has 1 nitrogen and oxygen atoms in total. The van der Waals surface area contributed by atoms with Crippen molar-refractivity contribution in [2.45, 2.75) is 40.0 Å². The summed E-state index contributed by atoms with van der Waals surface area (Å²) in [7, 11) is 0. The Morgan fingerprint density at radius 2 is 1.93 bits per heavy atom. The molecule has 0 saturated heterocycles. The molecule has 0 aromatic heterocycles. The van der Waals surface area contributed by atoms with Gasteiger partial charge in [0, 0.05) is 0 Å². The molecule has 0 spiro atoms. The minimum absolute atomic E-state index is 0.845. The van der Waals surface area contributed by atoms with Crippen molar-refractivity contribution in [3.05, 3.63) is 29.3 Å². The van der Waals surface area contributed by atoms with E-state index in [0.717, 1.165) is 18.8 Å². The normalized spacial score (nSPS) is 10.2. The summed E-state index contributed by atoms with van der Waals surface area (Å²) >= 11 is 0. The van der Waals surface area contributed by atoms with Crippen LogP contribution in [0.25, 0.3) is 0 Å². The fourth-order valence-corrected chi connectivity index (χ4v) is 1.41. The Morgan fingerprint density at radius 1 is 1.14 bits per heavy atom. The molecule has 78 valence electrons. The Labute approximate surface area is 87.1 Å². The van der Waals surface area contributed by atoms with E-state index in [1.807, 2.05) is 6.07 Å². The van der Waals surface area contributed by atoms with Crippen LogP contribution in [0, 0.1) is 13.8 Å². The van der Waals surface area contributed by atoms with Crippen LogP contribution in [-0.2, 0) is 0 Å². The molecule has 0 fully saturated rings. The van der Waals surface area contributed by atoms with Crippen molar-refractivity contribution in [1.82, 2.24) is 0 Å². The maximum absolute atomic E-state index is 5.72. The summed E-state index contributed by atoms with van der Waals surface area (Å²) in [5.74, 6) is 1.04. The molecule has 0 N–H and O–H groups in total. The van der Waals surface area contributed by atoms with Crippen LogP contribution in [0.5, 0.6) is 5.75 Å². The molecule has 0 aliphatic heterocycles. The number of hydrogen-bond acceptors (Lipinski definition) is 1. The van der Waals surface area contributed by atoms with E-state index in [1.165, 1.54) is 24.0 Å². The molecule has 0 heterocycles. The average Bonchev–Trinajstić information content (AvgIpc) is 2.19. The molecular formula is C13H20O. The molecule has 0 bridgehead atoms. The van der Waals surface area contributed by atoms with Crippen LogP contribution < -0.4 is 4.74 Å². The molecule has 1 aromatic carbocycles. The average molecular weight is 192 g/mol. The highest BCUT2D eigenvalue weighted by atomic mass is 16.5. The minimum Gasteiger partial charge on any atom is -0.493 e. The van der Waals surface area contributed by atoms with Gasteiger partial charge in [-0.1, -0.05) is 31.9 Å². The van der Waals surface area contributed by atoms with Crippen LogP contribution in [0.2, 0.25) is 0 Å². The topological polar surface area (TPSA) is 9.23 Å². The van der Waals surface area contributed by atoms with E-state index in [-0.39, 0.29) is 0 Å². The predicted octanol–water partition coefficient (Wildman–Crippen LogP) is 3.87. The highest BCUT2D eigenvalue weighted by Gasteiger charge is 2.00. The zero-order valence-electron chi connectivity index (χ0n) is 9.47. The maximum atomic E-state index is 5.72. The van der Waals surface area contributed by atoms with Gasteiger partial charge in [0.05, 0.1) is 6.61 Å². The summed E-state index contributed by atoms with van der Waals surface area (Å²) in [6, 6.07) is 6.22. The Bertz CT molecular complexity index is 279. The first kappa shape index (κ1) is 11.1. The molecule has 0 amide bonds. The minimum atomic E-state index is 0.845. The smallest absolute Gasteiger partial charge is 0.122 e. The fourth-order valence-electron chi connectivity index (χ4n) is 1.41. The van der Waals surface area contributed by atoms with Crippen LogP contribution >= 0.6 is 0 Å². The SMILES string of the molecule is CCCCCOc1cccc(C)c1C. The molecular weight excluding hydrogens is 172 g/mol. The highest BCUT2D eigenvalue weighted by molar-refractivity contribution is 5.38. The number of aryl methyl sites for hydroxylation is 1. The number of ether oxygens (including phenoxy) is 1. The first-order valence-corrected chi connectivity index (χ1v) is 5.44. The molecule has 14 heavy (non-hydrogen) atoms. The Morgan fingerprint density at radius 3 is 2.64 bits per heavy atom. The molecule has 0 saturated carbocycles. The molecule has 1 aromatic rings. The van der Waals surface area contributed by atoms with Gasteiger partial charge in [-0.05, 0) is 37.5 Å². The second-order valence-electron chi connectivity index (χ2n) is 3.75. The van der Waals surface area contributed by atoms with Crippen molar-refractivity contribution >= 4 is 0 Å². The van der Waals surface area contributed by atoms with Gasteiger partial charge in [0.1, 0.15) is 5.75 Å². The van der Waals surface area contributed by atoms with Crippen LogP contribution in [0.15, 0.2) is 18.2 Å². The van der Waals surface area contributed by atoms with Gasteiger partial charge in [0.25, 0.3) is 0 Å². The van der Waals surface area contributed by atoms with Gasteiger partial charge in [0.2, 0.25) is 0 Å². The standard InChI is InChI=1S/C13H20O/c1-4-5-6-10-14-13-9-7-8-11(2)12(13)3/h7-9H,4-6,10H2,1-3H3. The molecule has 1 heteroatoms. The summed E-state index contributed by atoms with van der Waals surface area (Å²) in [5.41, 5.74) is 2.57. The van der Waals surface area contributed by atoms with Crippen molar-refractivity contribution in [1.29, 1.82) is 0 Å². The predicted molar refractivity (Wildman–Crippen MR) is 60.9 cm³/mol. The first-order chi connectivity index (χ1) is 6.75. The van der Waals surface area contributed by atoms with E-state index in [1.54, 1.807) is 0 Å². The molecule has 1 rings (SSSR count). The lowest BCUT2D eigenvalue weighted by Crippen LogP contribution is -1.99. The lowest BCUT2D eigenvalue weighted by atomic mass is 10.1. The van der Waals surface area contributed by atoms with Gasteiger partial charge in [-0.15, -0.1) is 0 Å². The Balaban J connectivity index is 2.46. The van der Waals surface area contributed by atoms with E-state index in [2.05, 4.69) is 32.9 Å². The van der Waals surface area contributed by atoms with Crippen LogP contribution in [-0.4, -0.2) is 6.61 Å². The third-order valence-electron chi connectivity index (χ3n) is 2.56. The van der Waals surface area contributed by atoms with E-state index in [0.29, 0.717) is 0 Å². The third kappa shape index (κ3) is 3.06. The highest BCUT2D eigenvalue weighted by Crippen LogP contribution is 2.20. The van der Waals surface area contributed by atoms with Gasteiger partial charge in [0.15, 0.2) is 0 Å². The van der Waals surface area contributed by atoms with E-state index < -0.39 is 0 Å². The lowest BCUT2D eigenvalue weighted by Gasteiger charge is -2.10. The second-order valence-corrected chi connectivity index (χ2v) is 3.75. The van der Waals surface area contributed by atoms with E-state index >= 15 is 0 Å². The Hall–Kier alpha value is -0.980. The van der Waals surface area contributed by atoms with Gasteiger partial charge in [-0.25, -0.2) is 0 Å². The molecule has 0 aliphatic carbocycles. The van der Waals surface area contributed by atoms with Crippen LogP contribution in [0.3, 0.4) is 0 Å². The fraction of sp³-hybridized carbons (Fsp3) is 0.538. The summed E-state index contributed by atoms with van der Waals surface area (Å²) in [6.45, 7) is 7.29. The Kier molecular flexibility index (Phi) is 4.51. The van der Waals surface area contributed by atoms with Gasteiger partial charge in [-0.3, -0.25) is 0 Å². The summed E-state index contributed by atoms with van der Waals surface area (Å²) in [5, 5.41) is 0. The first-order valence-electron chi connectivity index (χ1n) is 5.44. The third-order valence-corrected chi connectivity index (χ3v) is 2.56. The van der Waals surface area contributed by atoms with Crippen molar-refractivity contribution < 1.29 is 4.74 Å². The summed E-state index contributed by atoms with van der Waals surface area (Å²) < 4.78 is 5.72. The molecule has 0 aliphatic rings. The van der Waals surface area contributed by atoms with Crippen molar-refractivity contribution in [3.63, 3.8) is 0 Å². The maximum Gasteiger partial charge on any atom is 0.122 e. The van der Waals surface area contributed by atoms with E-state index in [9.17, 15) is 0 Å². The van der Waals surface area contributed by atoms with Crippen molar-refractivity contribution in [2.75, 3.05) is 6.61 Å².